The van der Waals surface area contributed by atoms with Crippen molar-refractivity contribution in [3.8, 4) is 0 Å². The molecule has 0 spiro atoms. The molecule has 1 N–H and O–H groups in total. The molecule has 0 bridgehead atoms. The van der Waals surface area contributed by atoms with Gasteiger partial charge in [-0.25, -0.2) is 0 Å². The van der Waals surface area contributed by atoms with Gasteiger partial charge in [0.2, 0.25) is 0 Å². The average Bonchev–Trinajstić information content (AvgIpc) is 3.40. The maximum Gasteiger partial charge on any atom is 0.314 e. The minimum atomic E-state index is -0.730. The zero-order chi connectivity index (χ0) is 18.9. The second-order valence-electron chi connectivity index (χ2n) is 7.75. The second kappa shape index (κ2) is 7.63. The molecule has 2 aromatic carbocycles. The predicted octanol–water partition coefficient (Wildman–Crippen LogP) is 3.50. The van der Waals surface area contributed by atoms with Gasteiger partial charge < -0.3 is 10.0 Å². The highest BCUT2D eigenvalue weighted by Gasteiger charge is 2.61. The molecule has 1 aliphatic heterocycles. The van der Waals surface area contributed by atoms with E-state index in [9.17, 15) is 9.90 Å². The molecule has 4 nitrogen and oxygen atoms in total. The fourth-order valence-corrected chi connectivity index (χ4v) is 4.45. The number of halogens is 1. The van der Waals surface area contributed by atoms with Gasteiger partial charge in [-0.15, -0.1) is 0 Å². The number of hydrogen-bond acceptors (Lipinski definition) is 3. The third-order valence-corrected chi connectivity index (χ3v) is 6.29. The monoisotopic (exact) mass is 384 g/mol. The molecule has 2 atom stereocenters. The van der Waals surface area contributed by atoms with Crippen LogP contribution in [-0.4, -0.2) is 53.6 Å². The first kappa shape index (κ1) is 18.5. The smallest absolute Gasteiger partial charge is 0.314 e. The van der Waals surface area contributed by atoms with Crippen molar-refractivity contribution < 1.29 is 9.90 Å². The number of piperazine rings is 1. The number of aliphatic carboxylic acids is 1. The van der Waals surface area contributed by atoms with Gasteiger partial charge in [0.1, 0.15) is 0 Å². The summed E-state index contributed by atoms with van der Waals surface area (Å²) >= 11 is 5.97. The van der Waals surface area contributed by atoms with Gasteiger partial charge in [-0.05, 0) is 35.6 Å². The topological polar surface area (TPSA) is 43.8 Å². The molecule has 1 heterocycles. The standard InChI is InChI=1S/C22H25ClN2O2/c23-20-8-6-18(7-9-20)22(21(26)27)14-19(22)16-25-12-10-24(11-13-25)15-17-4-2-1-3-5-17/h1-9,19H,10-16H2,(H,26,27). The number of carboxylic acids is 1. The summed E-state index contributed by atoms with van der Waals surface area (Å²) in [7, 11) is 0. The minimum absolute atomic E-state index is 0.178. The van der Waals surface area contributed by atoms with Crippen LogP contribution < -0.4 is 0 Å². The van der Waals surface area contributed by atoms with Crippen LogP contribution in [0.2, 0.25) is 5.02 Å². The lowest BCUT2D eigenvalue weighted by atomic mass is 9.93. The number of carbonyl (C=O) groups is 1. The zero-order valence-corrected chi connectivity index (χ0v) is 16.1. The lowest BCUT2D eigenvalue weighted by molar-refractivity contribution is -0.140. The van der Waals surface area contributed by atoms with E-state index >= 15 is 0 Å². The van der Waals surface area contributed by atoms with Crippen molar-refractivity contribution in [3.63, 3.8) is 0 Å². The SMILES string of the molecule is O=C(O)C1(c2ccc(Cl)cc2)CC1CN1CCN(Cc2ccccc2)CC1. The van der Waals surface area contributed by atoms with Crippen LogP contribution in [0.1, 0.15) is 17.5 Å². The average molecular weight is 385 g/mol. The second-order valence-corrected chi connectivity index (χ2v) is 8.18. The van der Waals surface area contributed by atoms with Gasteiger partial charge in [-0.3, -0.25) is 9.69 Å². The molecular weight excluding hydrogens is 360 g/mol. The molecule has 2 fully saturated rings. The van der Waals surface area contributed by atoms with Crippen molar-refractivity contribution in [1.29, 1.82) is 0 Å². The summed E-state index contributed by atoms with van der Waals surface area (Å²) in [5.74, 6) is -0.533. The Kier molecular flexibility index (Phi) is 5.22. The van der Waals surface area contributed by atoms with Gasteiger partial charge >= 0.3 is 5.97 Å². The highest BCUT2D eigenvalue weighted by molar-refractivity contribution is 6.30. The summed E-state index contributed by atoms with van der Waals surface area (Å²) in [5.41, 5.74) is 1.50. The summed E-state index contributed by atoms with van der Waals surface area (Å²) in [5, 5.41) is 10.5. The third-order valence-electron chi connectivity index (χ3n) is 6.04. The Labute approximate surface area is 165 Å². The van der Waals surface area contributed by atoms with Gasteiger partial charge in [0, 0.05) is 44.3 Å². The molecule has 1 saturated heterocycles. The molecule has 5 heteroatoms. The lowest BCUT2D eigenvalue weighted by Crippen LogP contribution is -2.47. The Hall–Kier alpha value is -1.88. The van der Waals surface area contributed by atoms with Crippen LogP contribution in [0, 0.1) is 5.92 Å². The Morgan fingerprint density at radius 1 is 1.00 bits per heavy atom. The van der Waals surface area contributed by atoms with Crippen molar-refractivity contribution in [2.75, 3.05) is 32.7 Å². The maximum atomic E-state index is 12.0. The van der Waals surface area contributed by atoms with Gasteiger partial charge in [0.15, 0.2) is 0 Å². The van der Waals surface area contributed by atoms with E-state index in [2.05, 4.69) is 34.1 Å². The predicted molar refractivity (Wildman–Crippen MR) is 107 cm³/mol. The zero-order valence-electron chi connectivity index (χ0n) is 15.4. The van der Waals surface area contributed by atoms with Crippen LogP contribution in [0.15, 0.2) is 54.6 Å². The van der Waals surface area contributed by atoms with E-state index in [0.717, 1.165) is 44.8 Å². The van der Waals surface area contributed by atoms with Crippen LogP contribution in [0.3, 0.4) is 0 Å². The van der Waals surface area contributed by atoms with Crippen molar-refractivity contribution in [2.24, 2.45) is 5.92 Å². The molecular formula is C22H25ClN2O2. The quantitative estimate of drug-likeness (QED) is 0.827. The van der Waals surface area contributed by atoms with Crippen LogP contribution >= 0.6 is 11.6 Å². The third kappa shape index (κ3) is 3.88. The molecule has 27 heavy (non-hydrogen) atoms. The van der Waals surface area contributed by atoms with E-state index in [1.165, 1.54) is 5.56 Å². The molecule has 1 aliphatic carbocycles. The summed E-state index contributed by atoms with van der Waals surface area (Å²) in [6, 6.07) is 17.9. The number of hydrogen-bond donors (Lipinski definition) is 1. The van der Waals surface area contributed by atoms with Crippen LogP contribution in [-0.2, 0) is 16.8 Å². The van der Waals surface area contributed by atoms with E-state index < -0.39 is 11.4 Å². The number of nitrogens with zero attached hydrogens (tertiary/aromatic N) is 2. The summed E-state index contributed by atoms with van der Waals surface area (Å²) < 4.78 is 0. The Bertz CT molecular complexity index is 788. The highest BCUT2D eigenvalue weighted by atomic mass is 35.5. The van der Waals surface area contributed by atoms with Crippen molar-refractivity contribution >= 4 is 17.6 Å². The molecule has 2 aliphatic rings. The molecule has 2 unspecified atom stereocenters. The highest BCUT2D eigenvalue weighted by Crippen LogP contribution is 2.55. The summed E-state index contributed by atoms with van der Waals surface area (Å²) in [4.78, 5) is 16.9. The largest absolute Gasteiger partial charge is 0.481 e. The molecule has 0 radical (unpaired) electrons. The minimum Gasteiger partial charge on any atom is -0.481 e. The maximum absolute atomic E-state index is 12.0. The number of carboxylic acid groups (broad SMARTS) is 1. The van der Waals surface area contributed by atoms with Gasteiger partial charge in [0.25, 0.3) is 0 Å². The number of benzene rings is 2. The van der Waals surface area contributed by atoms with Gasteiger partial charge in [0.05, 0.1) is 5.41 Å². The first-order valence-electron chi connectivity index (χ1n) is 9.56. The molecule has 4 rings (SSSR count). The van der Waals surface area contributed by atoms with Gasteiger partial charge in [-0.1, -0.05) is 54.1 Å². The summed E-state index contributed by atoms with van der Waals surface area (Å²) in [6.07, 6.45) is 0.716. The van der Waals surface area contributed by atoms with Crippen LogP contribution in [0.25, 0.3) is 0 Å². The normalized spacial score (nSPS) is 26.0. The van der Waals surface area contributed by atoms with E-state index in [1.807, 2.05) is 18.2 Å². The molecule has 1 saturated carbocycles. The first-order chi connectivity index (χ1) is 13.1. The Morgan fingerprint density at radius 3 is 2.26 bits per heavy atom. The molecule has 2 aromatic rings. The van der Waals surface area contributed by atoms with E-state index in [-0.39, 0.29) is 5.92 Å². The lowest BCUT2D eigenvalue weighted by Gasteiger charge is -2.35. The van der Waals surface area contributed by atoms with Crippen molar-refractivity contribution in [2.45, 2.75) is 18.4 Å². The Balaban J connectivity index is 1.33. The molecule has 142 valence electrons. The Morgan fingerprint density at radius 2 is 1.63 bits per heavy atom. The molecule has 0 aromatic heterocycles. The summed E-state index contributed by atoms with van der Waals surface area (Å²) in [6.45, 7) is 5.90. The fraction of sp³-hybridized carbons (Fsp3) is 0.409. The van der Waals surface area contributed by atoms with E-state index in [4.69, 9.17) is 11.6 Å². The van der Waals surface area contributed by atoms with Crippen LogP contribution in [0.5, 0.6) is 0 Å². The van der Waals surface area contributed by atoms with Gasteiger partial charge in [-0.2, -0.15) is 0 Å². The number of rotatable bonds is 6. The van der Waals surface area contributed by atoms with Crippen LogP contribution in [0.4, 0.5) is 0 Å². The van der Waals surface area contributed by atoms with E-state index in [1.54, 1.807) is 12.1 Å². The van der Waals surface area contributed by atoms with Crippen molar-refractivity contribution in [3.05, 3.63) is 70.7 Å². The fourth-order valence-electron chi connectivity index (χ4n) is 4.32. The van der Waals surface area contributed by atoms with E-state index in [0.29, 0.717) is 11.4 Å². The first-order valence-corrected chi connectivity index (χ1v) is 9.94. The van der Waals surface area contributed by atoms with Crippen molar-refractivity contribution in [1.82, 2.24) is 9.80 Å². The molecule has 0 amide bonds.